The van der Waals surface area contributed by atoms with Crippen molar-refractivity contribution >= 4 is 11.8 Å². The van der Waals surface area contributed by atoms with Gasteiger partial charge in [-0.1, -0.05) is 40.5 Å². The number of Topliss-reactive ketones (excluding diaryl/α,β-unsaturated/α-hetero) is 1. The number of hydrogen-bond acceptors (Lipinski definition) is 3. The Kier molecular flexibility index (Phi) is 4.09. The molecule has 0 aromatic heterocycles. The molecule has 5 unspecified atom stereocenters. The van der Waals surface area contributed by atoms with Crippen LogP contribution in [0, 0.1) is 40.4 Å². The molecule has 4 rings (SSSR count). The quantitative estimate of drug-likeness (QED) is 0.544. The van der Waals surface area contributed by atoms with E-state index in [1.54, 1.807) is 0 Å². The number of esters is 1. The molecule has 1 spiro atoms. The second-order valence-corrected chi connectivity index (χ2v) is 9.85. The van der Waals surface area contributed by atoms with Crippen LogP contribution in [-0.2, 0) is 14.3 Å². The summed E-state index contributed by atoms with van der Waals surface area (Å²) in [6, 6.07) is 0. The van der Waals surface area contributed by atoms with Crippen LogP contribution in [0.3, 0.4) is 0 Å². The first-order valence-electron chi connectivity index (χ1n) is 10.6. The van der Waals surface area contributed by atoms with Gasteiger partial charge in [0.05, 0.1) is 0 Å². The summed E-state index contributed by atoms with van der Waals surface area (Å²) in [6.07, 6.45) is 8.45. The highest BCUT2D eigenvalue weighted by atomic mass is 16.5. The van der Waals surface area contributed by atoms with Crippen LogP contribution < -0.4 is 0 Å². The maximum atomic E-state index is 13.4. The Bertz CT molecular complexity index is 582. The van der Waals surface area contributed by atoms with Crippen molar-refractivity contribution in [3.63, 3.8) is 0 Å². The first-order chi connectivity index (χ1) is 11.9. The summed E-state index contributed by atoms with van der Waals surface area (Å²) in [5.74, 6) is 2.07. The van der Waals surface area contributed by atoms with E-state index < -0.39 is 5.41 Å². The molecule has 4 fully saturated rings. The number of carbonyl (C=O) groups is 2. The van der Waals surface area contributed by atoms with Gasteiger partial charge in [0.2, 0.25) is 0 Å². The Balaban J connectivity index is 1.57. The van der Waals surface area contributed by atoms with Gasteiger partial charge in [0.1, 0.15) is 11.5 Å². The van der Waals surface area contributed by atoms with E-state index in [1.807, 2.05) is 0 Å². The molecule has 4 aliphatic carbocycles. The van der Waals surface area contributed by atoms with Crippen molar-refractivity contribution in [2.24, 2.45) is 40.4 Å². The number of ether oxygens (including phenoxy) is 1. The van der Waals surface area contributed by atoms with E-state index in [0.29, 0.717) is 23.7 Å². The molecule has 0 amide bonds. The van der Waals surface area contributed by atoms with E-state index in [4.69, 9.17) is 4.74 Å². The minimum Gasteiger partial charge on any atom is -0.461 e. The average molecular weight is 347 g/mol. The first kappa shape index (κ1) is 17.5. The maximum Gasteiger partial charge on any atom is 0.320 e. The van der Waals surface area contributed by atoms with Gasteiger partial charge in [-0.15, -0.1) is 0 Å². The Morgan fingerprint density at radius 1 is 1.28 bits per heavy atom. The molecule has 4 aliphatic rings. The lowest BCUT2D eigenvalue weighted by Gasteiger charge is -2.37. The van der Waals surface area contributed by atoms with E-state index in [1.165, 1.54) is 12.8 Å². The molecule has 3 heteroatoms. The molecule has 0 radical (unpaired) electrons. The minimum atomic E-state index is -0.742. The predicted octanol–water partition coefficient (Wildman–Crippen LogP) is 4.78. The van der Waals surface area contributed by atoms with Crippen molar-refractivity contribution in [1.29, 1.82) is 0 Å². The van der Waals surface area contributed by atoms with E-state index in [0.717, 1.165) is 38.5 Å². The predicted molar refractivity (Wildman–Crippen MR) is 96.8 cm³/mol. The molecule has 0 aromatic carbocycles. The molecule has 0 saturated heterocycles. The van der Waals surface area contributed by atoms with Gasteiger partial charge in [-0.2, -0.15) is 0 Å². The molecule has 0 heterocycles. The summed E-state index contributed by atoms with van der Waals surface area (Å²) < 4.78 is 6.20. The molecule has 25 heavy (non-hydrogen) atoms. The third-order valence-corrected chi connectivity index (χ3v) is 8.41. The molecule has 140 valence electrons. The van der Waals surface area contributed by atoms with Crippen LogP contribution in [-0.4, -0.2) is 17.9 Å². The fraction of sp³-hybridized carbons (Fsp3) is 0.909. The highest BCUT2D eigenvalue weighted by Gasteiger charge is 2.89. The normalized spacial score (nSPS) is 48.4. The van der Waals surface area contributed by atoms with Crippen molar-refractivity contribution in [2.75, 3.05) is 0 Å². The zero-order valence-electron chi connectivity index (χ0n) is 16.3. The fourth-order valence-electron chi connectivity index (χ4n) is 7.10. The highest BCUT2D eigenvalue weighted by Crippen LogP contribution is 2.84. The van der Waals surface area contributed by atoms with Crippen molar-refractivity contribution in [1.82, 2.24) is 0 Å². The van der Waals surface area contributed by atoms with Crippen LogP contribution in [0.2, 0.25) is 0 Å². The maximum absolute atomic E-state index is 13.4. The van der Waals surface area contributed by atoms with Crippen molar-refractivity contribution in [3.8, 4) is 0 Å². The molecule has 0 N–H and O–H groups in total. The summed E-state index contributed by atoms with van der Waals surface area (Å²) >= 11 is 0. The van der Waals surface area contributed by atoms with Gasteiger partial charge in [0.25, 0.3) is 0 Å². The molecule has 0 bridgehead atoms. The van der Waals surface area contributed by atoms with Crippen LogP contribution in [0.1, 0.15) is 79.1 Å². The van der Waals surface area contributed by atoms with Gasteiger partial charge in [-0.05, 0) is 67.6 Å². The van der Waals surface area contributed by atoms with Crippen LogP contribution in [0.4, 0.5) is 0 Å². The summed E-state index contributed by atoms with van der Waals surface area (Å²) in [7, 11) is 0. The Labute approximate surface area is 152 Å². The SMILES string of the molecule is CCC1CC23CCCC2C3(C(=O)O[C@@H]2C[C@H](C)CCC2C(C)C)C1=O. The number of ketones is 1. The van der Waals surface area contributed by atoms with Gasteiger partial charge in [-0.3, -0.25) is 9.59 Å². The third kappa shape index (κ3) is 2.16. The largest absolute Gasteiger partial charge is 0.461 e. The van der Waals surface area contributed by atoms with Crippen molar-refractivity contribution < 1.29 is 14.3 Å². The van der Waals surface area contributed by atoms with Crippen molar-refractivity contribution in [2.45, 2.75) is 85.2 Å². The van der Waals surface area contributed by atoms with E-state index in [-0.39, 0.29) is 29.2 Å². The zero-order valence-corrected chi connectivity index (χ0v) is 16.3. The number of hydrogen-bond donors (Lipinski definition) is 0. The molecule has 3 nitrogen and oxygen atoms in total. The average Bonchev–Trinajstić information content (AvgIpc) is 2.82. The van der Waals surface area contributed by atoms with Gasteiger partial charge in [-0.25, -0.2) is 0 Å². The van der Waals surface area contributed by atoms with Crippen molar-refractivity contribution in [3.05, 3.63) is 0 Å². The molecule has 0 aliphatic heterocycles. The number of carbonyl (C=O) groups excluding carboxylic acids is 2. The highest BCUT2D eigenvalue weighted by molar-refractivity contribution is 6.12. The van der Waals surface area contributed by atoms with Crippen LogP contribution in [0.25, 0.3) is 0 Å². The lowest BCUT2D eigenvalue weighted by atomic mass is 9.75. The first-order valence-corrected chi connectivity index (χ1v) is 10.6. The zero-order chi connectivity index (χ0) is 18.0. The smallest absolute Gasteiger partial charge is 0.320 e. The molecular weight excluding hydrogens is 312 g/mol. The summed E-state index contributed by atoms with van der Waals surface area (Å²) in [6.45, 7) is 8.82. The van der Waals surface area contributed by atoms with Gasteiger partial charge in [0, 0.05) is 5.92 Å². The molecule has 0 aromatic rings. The van der Waals surface area contributed by atoms with Gasteiger partial charge < -0.3 is 4.74 Å². The lowest BCUT2D eigenvalue weighted by molar-refractivity contribution is -0.167. The molecule has 7 atom stereocenters. The third-order valence-electron chi connectivity index (χ3n) is 8.41. The number of fused-ring (bicyclic) bond motifs is 1. The fourth-order valence-corrected chi connectivity index (χ4v) is 7.10. The second-order valence-electron chi connectivity index (χ2n) is 9.85. The topological polar surface area (TPSA) is 43.4 Å². The standard InChI is InChI=1S/C22H34O3/c1-5-15-12-21-10-6-7-18(21)22(21,19(15)23)20(24)25-17-11-14(4)8-9-16(17)13(2)3/h13-18H,5-12H2,1-4H3/t14-,15?,16?,17-,18?,21?,22?/m1/s1. The minimum absolute atomic E-state index is 0.0116. The van der Waals surface area contributed by atoms with Crippen LogP contribution >= 0.6 is 0 Å². The van der Waals surface area contributed by atoms with E-state index in [2.05, 4.69) is 27.7 Å². The van der Waals surface area contributed by atoms with E-state index >= 15 is 0 Å². The van der Waals surface area contributed by atoms with Crippen LogP contribution in [0.15, 0.2) is 0 Å². The van der Waals surface area contributed by atoms with Crippen LogP contribution in [0.5, 0.6) is 0 Å². The Morgan fingerprint density at radius 3 is 2.72 bits per heavy atom. The van der Waals surface area contributed by atoms with Gasteiger partial charge in [0.15, 0.2) is 5.78 Å². The second kappa shape index (κ2) is 5.82. The summed E-state index contributed by atoms with van der Waals surface area (Å²) in [5, 5.41) is 0. The summed E-state index contributed by atoms with van der Waals surface area (Å²) in [5.41, 5.74) is -0.760. The number of rotatable bonds is 4. The lowest BCUT2D eigenvalue weighted by Crippen LogP contribution is -2.41. The van der Waals surface area contributed by atoms with E-state index in [9.17, 15) is 9.59 Å². The Hall–Kier alpha value is -0.860. The Morgan fingerprint density at radius 2 is 2.04 bits per heavy atom. The monoisotopic (exact) mass is 346 g/mol. The van der Waals surface area contributed by atoms with Gasteiger partial charge >= 0.3 is 5.97 Å². The molecule has 4 saturated carbocycles. The summed E-state index contributed by atoms with van der Waals surface area (Å²) in [4.78, 5) is 26.6. The molecular formula is C22H34O3.